The van der Waals surface area contributed by atoms with Crippen LogP contribution in [0.3, 0.4) is 0 Å². The van der Waals surface area contributed by atoms with Crippen LogP contribution in [0.15, 0.2) is 77.7 Å². The maximum absolute atomic E-state index is 6.30. The van der Waals surface area contributed by atoms with Crippen molar-refractivity contribution < 1.29 is 4.74 Å². The van der Waals surface area contributed by atoms with E-state index in [0.717, 1.165) is 23.6 Å². The Balaban J connectivity index is 1.92. The summed E-state index contributed by atoms with van der Waals surface area (Å²) in [5, 5.41) is 4.68. The number of hydrogen-bond acceptors (Lipinski definition) is 3. The van der Waals surface area contributed by atoms with E-state index < -0.39 is 0 Å². The molecule has 0 aliphatic heterocycles. The third kappa shape index (κ3) is 5.63. The summed E-state index contributed by atoms with van der Waals surface area (Å²) >= 11 is 4.63. The molecule has 3 aromatic carbocycles. The quantitative estimate of drug-likeness (QED) is 0.330. The molecule has 0 aromatic heterocycles. The average molecular weight is 424 g/mol. The van der Waals surface area contributed by atoms with Gasteiger partial charge in [0.05, 0.1) is 0 Å². The Bertz CT molecular complexity index is 931. The topological polar surface area (TPSA) is 21.3 Å². The van der Waals surface area contributed by atoms with Crippen LogP contribution < -0.4 is 15.4 Å². The highest BCUT2D eigenvalue weighted by atomic mass is 32.1. The van der Waals surface area contributed by atoms with Crippen molar-refractivity contribution in [3.63, 3.8) is 0 Å². The lowest BCUT2D eigenvalue weighted by molar-refractivity contribution is 0.299. The van der Waals surface area contributed by atoms with Gasteiger partial charge in [-0.3, -0.25) is 0 Å². The van der Waals surface area contributed by atoms with E-state index in [1.54, 1.807) is 0 Å². The van der Waals surface area contributed by atoms with Crippen molar-refractivity contribution in [2.24, 2.45) is 0 Å². The molecule has 0 saturated carbocycles. The fraction of sp³-hybridized carbons (Fsp3) is 0.280. The molecule has 0 spiro atoms. The number of thiol groups is 1. The molecule has 2 nitrogen and oxygen atoms in total. The third-order valence-electron chi connectivity index (χ3n) is 5.30. The molecule has 0 aliphatic carbocycles. The van der Waals surface area contributed by atoms with Crippen LogP contribution in [0.2, 0.25) is 0 Å². The van der Waals surface area contributed by atoms with E-state index in [4.69, 9.17) is 4.74 Å². The standard InChI is InChI=1S/C25H30NOPS/c1-4-25(2,28-24-13-9-8-12-20(24)17-26-3)22-16-21(29)14-15-23(22)27-18-19-10-6-5-7-11-19/h5-16,26,28-29H,4,17-18H2,1-3H3. The molecule has 0 bridgehead atoms. The third-order valence-corrected chi connectivity index (χ3v) is 7.51. The molecular weight excluding hydrogens is 393 g/mol. The smallest absolute Gasteiger partial charge is 0.123 e. The first kappa shape index (κ1) is 21.9. The van der Waals surface area contributed by atoms with Gasteiger partial charge >= 0.3 is 0 Å². The number of rotatable bonds is 9. The molecule has 3 aromatic rings. The minimum Gasteiger partial charge on any atom is -0.489 e. The zero-order valence-electron chi connectivity index (χ0n) is 17.4. The lowest BCUT2D eigenvalue weighted by Gasteiger charge is -2.32. The van der Waals surface area contributed by atoms with Gasteiger partial charge in [0.2, 0.25) is 0 Å². The lowest BCUT2D eigenvalue weighted by atomic mass is 9.96. The van der Waals surface area contributed by atoms with Gasteiger partial charge < -0.3 is 10.1 Å². The summed E-state index contributed by atoms with van der Waals surface area (Å²) in [6, 6.07) is 25.3. The van der Waals surface area contributed by atoms with Crippen molar-refractivity contribution >= 4 is 26.5 Å². The van der Waals surface area contributed by atoms with Crippen molar-refractivity contribution in [2.45, 2.75) is 43.5 Å². The molecule has 1 N–H and O–H groups in total. The molecule has 0 saturated heterocycles. The number of nitrogens with one attached hydrogen (secondary N) is 1. The molecule has 2 atom stereocenters. The molecule has 152 valence electrons. The molecule has 2 unspecified atom stereocenters. The van der Waals surface area contributed by atoms with Crippen molar-refractivity contribution in [1.82, 2.24) is 5.32 Å². The first-order valence-corrected chi connectivity index (χ1v) is 11.5. The van der Waals surface area contributed by atoms with Gasteiger partial charge in [-0.25, -0.2) is 0 Å². The minimum atomic E-state index is -0.0192. The molecule has 0 fully saturated rings. The van der Waals surface area contributed by atoms with Gasteiger partial charge in [0.1, 0.15) is 12.4 Å². The summed E-state index contributed by atoms with van der Waals surface area (Å²) in [4.78, 5) is 0.972. The second-order valence-electron chi connectivity index (χ2n) is 7.45. The second kappa shape index (κ2) is 10.3. The van der Waals surface area contributed by atoms with Crippen molar-refractivity contribution in [2.75, 3.05) is 7.05 Å². The van der Waals surface area contributed by atoms with Gasteiger partial charge in [-0.05, 0) is 48.1 Å². The summed E-state index contributed by atoms with van der Waals surface area (Å²) in [7, 11) is 2.64. The monoisotopic (exact) mass is 423 g/mol. The molecule has 0 radical (unpaired) electrons. The Morgan fingerprint density at radius 2 is 1.72 bits per heavy atom. The maximum atomic E-state index is 6.30. The Kier molecular flexibility index (Phi) is 7.77. The van der Waals surface area contributed by atoms with Crippen LogP contribution >= 0.6 is 21.2 Å². The maximum Gasteiger partial charge on any atom is 0.123 e. The van der Waals surface area contributed by atoms with Crippen LogP contribution in [0, 0.1) is 0 Å². The van der Waals surface area contributed by atoms with Crippen molar-refractivity contribution in [3.05, 3.63) is 89.5 Å². The Morgan fingerprint density at radius 1 is 1.00 bits per heavy atom. The van der Waals surface area contributed by atoms with Crippen LogP contribution in [0.25, 0.3) is 0 Å². The van der Waals surface area contributed by atoms with E-state index in [9.17, 15) is 0 Å². The summed E-state index contributed by atoms with van der Waals surface area (Å²) in [6.07, 6.45) is 1.03. The molecule has 3 rings (SSSR count). The van der Waals surface area contributed by atoms with Crippen LogP contribution in [-0.2, 0) is 18.3 Å². The molecule has 4 heteroatoms. The Labute approximate surface area is 182 Å². The molecule has 0 amide bonds. The average Bonchev–Trinajstić information content (AvgIpc) is 2.75. The summed E-state index contributed by atoms with van der Waals surface area (Å²) in [5.41, 5.74) is 3.77. The summed E-state index contributed by atoms with van der Waals surface area (Å²) in [6.45, 7) is 6.06. The highest BCUT2D eigenvalue weighted by molar-refractivity contribution is 7.80. The van der Waals surface area contributed by atoms with Gasteiger partial charge in [-0.2, -0.15) is 0 Å². The zero-order valence-corrected chi connectivity index (χ0v) is 19.3. The van der Waals surface area contributed by atoms with Crippen molar-refractivity contribution in [3.8, 4) is 5.75 Å². The van der Waals surface area contributed by atoms with E-state index in [1.165, 1.54) is 22.0 Å². The molecule has 0 heterocycles. The first-order chi connectivity index (χ1) is 14.1. The van der Waals surface area contributed by atoms with E-state index in [0.29, 0.717) is 15.2 Å². The van der Waals surface area contributed by atoms with E-state index in [1.807, 2.05) is 31.3 Å². The zero-order chi connectivity index (χ0) is 20.7. The predicted molar refractivity (Wildman–Crippen MR) is 129 cm³/mol. The molecular formula is C25H30NOPS. The van der Waals surface area contributed by atoms with Gasteiger partial charge in [0.15, 0.2) is 0 Å². The van der Waals surface area contributed by atoms with E-state index >= 15 is 0 Å². The Hall–Kier alpha value is -1.80. The number of benzene rings is 3. The predicted octanol–water partition coefficient (Wildman–Crippen LogP) is 5.90. The van der Waals surface area contributed by atoms with Crippen LogP contribution in [0.5, 0.6) is 5.75 Å². The summed E-state index contributed by atoms with van der Waals surface area (Å²) < 4.78 is 6.30. The highest BCUT2D eigenvalue weighted by Gasteiger charge is 2.29. The molecule has 0 aliphatic rings. The fourth-order valence-electron chi connectivity index (χ4n) is 3.44. The highest BCUT2D eigenvalue weighted by Crippen LogP contribution is 2.48. The van der Waals surface area contributed by atoms with Crippen LogP contribution in [-0.4, -0.2) is 7.05 Å². The number of ether oxygens (including phenoxy) is 1. The van der Waals surface area contributed by atoms with E-state index in [-0.39, 0.29) is 5.16 Å². The fourth-order valence-corrected chi connectivity index (χ4v) is 5.26. The van der Waals surface area contributed by atoms with Crippen LogP contribution in [0.4, 0.5) is 0 Å². The SMILES string of the molecule is CCC(C)(Pc1ccccc1CNC)c1cc(S)ccc1OCc1ccccc1. The second-order valence-corrected chi connectivity index (χ2v) is 9.86. The summed E-state index contributed by atoms with van der Waals surface area (Å²) in [5.74, 6) is 0.953. The lowest BCUT2D eigenvalue weighted by Crippen LogP contribution is -2.22. The Morgan fingerprint density at radius 3 is 2.45 bits per heavy atom. The van der Waals surface area contributed by atoms with E-state index in [2.05, 4.69) is 80.3 Å². The van der Waals surface area contributed by atoms with Crippen LogP contribution in [0.1, 0.15) is 37.0 Å². The largest absolute Gasteiger partial charge is 0.489 e. The van der Waals surface area contributed by atoms with Gasteiger partial charge in [-0.1, -0.05) is 77.0 Å². The normalized spacial score (nSPS) is 13.5. The van der Waals surface area contributed by atoms with Gasteiger partial charge in [0.25, 0.3) is 0 Å². The van der Waals surface area contributed by atoms with Crippen molar-refractivity contribution in [1.29, 1.82) is 0 Å². The first-order valence-electron chi connectivity index (χ1n) is 10.1. The van der Waals surface area contributed by atoms with Gasteiger partial charge in [0, 0.05) is 22.2 Å². The molecule has 29 heavy (non-hydrogen) atoms. The minimum absolute atomic E-state index is 0.0192. The number of hydrogen-bond donors (Lipinski definition) is 2. The van der Waals surface area contributed by atoms with Gasteiger partial charge in [-0.15, -0.1) is 12.6 Å².